The molecular formula is C25H28F2N4O5. The Hall–Kier alpha value is -3.57. The second-order valence-electron chi connectivity index (χ2n) is 8.63. The first kappa shape index (κ1) is 25.5. The lowest BCUT2D eigenvalue weighted by atomic mass is 10.1. The molecule has 2 fully saturated rings. The minimum absolute atomic E-state index is 0.0511. The summed E-state index contributed by atoms with van der Waals surface area (Å²) in [6.45, 7) is 6.37. The lowest BCUT2D eigenvalue weighted by Gasteiger charge is -2.39. The summed E-state index contributed by atoms with van der Waals surface area (Å²) in [4.78, 5) is 33.9. The molecule has 192 valence electrons. The van der Waals surface area contributed by atoms with Crippen LogP contribution in [0.2, 0.25) is 0 Å². The molecule has 1 N–H and O–H groups in total. The molecule has 3 heterocycles. The lowest BCUT2D eigenvalue weighted by Crippen LogP contribution is -2.55. The third kappa shape index (κ3) is 5.02. The maximum absolute atomic E-state index is 15.9. The molecule has 36 heavy (non-hydrogen) atoms. The third-order valence-electron chi connectivity index (χ3n) is 6.45. The fourth-order valence-corrected chi connectivity index (χ4v) is 4.35. The van der Waals surface area contributed by atoms with E-state index in [4.69, 9.17) is 9.47 Å². The first-order valence-corrected chi connectivity index (χ1v) is 11.6. The van der Waals surface area contributed by atoms with Gasteiger partial charge in [0, 0.05) is 32.7 Å². The number of amides is 1. The van der Waals surface area contributed by atoms with E-state index in [1.165, 1.54) is 18.2 Å². The van der Waals surface area contributed by atoms with Gasteiger partial charge in [0.25, 0.3) is 0 Å². The number of carbonyl (C=O) groups is 2. The number of anilines is 1. The number of aromatic hydroxyl groups is 1. The van der Waals surface area contributed by atoms with Gasteiger partial charge in [-0.1, -0.05) is 12.6 Å². The Kier molecular flexibility index (Phi) is 7.80. The first-order valence-electron chi connectivity index (χ1n) is 11.6. The maximum Gasteiger partial charge on any atom is 0.246 e. The van der Waals surface area contributed by atoms with Gasteiger partial charge in [-0.25, -0.2) is 13.8 Å². The normalized spacial score (nSPS) is 18.7. The van der Waals surface area contributed by atoms with Gasteiger partial charge in [0.1, 0.15) is 35.2 Å². The van der Waals surface area contributed by atoms with Crippen molar-refractivity contribution in [1.29, 1.82) is 0 Å². The molecule has 1 aromatic carbocycles. The Labute approximate surface area is 207 Å². The third-order valence-corrected chi connectivity index (χ3v) is 6.45. The van der Waals surface area contributed by atoms with Crippen LogP contribution in [0.3, 0.4) is 0 Å². The fourth-order valence-electron chi connectivity index (χ4n) is 4.35. The van der Waals surface area contributed by atoms with Crippen LogP contribution in [0.15, 0.2) is 30.9 Å². The van der Waals surface area contributed by atoms with E-state index in [9.17, 15) is 19.1 Å². The minimum Gasteiger partial charge on any atom is -0.507 e. The highest BCUT2D eigenvalue weighted by molar-refractivity contribution is 5.89. The van der Waals surface area contributed by atoms with Crippen molar-refractivity contribution >= 4 is 18.0 Å². The van der Waals surface area contributed by atoms with E-state index in [0.29, 0.717) is 52.2 Å². The molecule has 2 aliphatic rings. The maximum atomic E-state index is 15.9. The summed E-state index contributed by atoms with van der Waals surface area (Å²) in [6, 6.07) is 3.30. The van der Waals surface area contributed by atoms with Gasteiger partial charge in [0.2, 0.25) is 5.91 Å². The number of hydrogen-bond donors (Lipinski definition) is 1. The molecule has 0 aliphatic carbocycles. The van der Waals surface area contributed by atoms with Crippen molar-refractivity contribution in [3.8, 4) is 22.8 Å². The molecule has 9 nitrogen and oxygen atoms in total. The minimum atomic E-state index is -1.06. The molecule has 1 amide bonds. The average Bonchev–Trinajstić information content (AvgIpc) is 2.89. The zero-order chi connectivity index (χ0) is 25.8. The van der Waals surface area contributed by atoms with E-state index in [0.717, 1.165) is 6.07 Å². The Morgan fingerprint density at radius 3 is 2.69 bits per heavy atom. The average molecular weight is 503 g/mol. The van der Waals surface area contributed by atoms with E-state index in [1.807, 2.05) is 11.9 Å². The number of aromatic nitrogens is 1. The number of morpholine rings is 1. The number of aldehydes is 1. The number of rotatable bonds is 7. The Morgan fingerprint density at radius 2 is 2.03 bits per heavy atom. The fraction of sp³-hybridized carbons (Fsp3) is 0.400. The van der Waals surface area contributed by atoms with Gasteiger partial charge in [-0.15, -0.1) is 0 Å². The standard InChI is InChI=1S/C25H28F2N4O5/c1-3-20(34)31-8-7-29(2)16(13-31)15-36-24-17(14-32)25(30-9-11-35-12-10-30)28-23(22(24)27)21-18(26)5-4-6-19(21)33/h3-6,14,16,33H,1,7-13,15H2,2H3. The Bertz CT molecular complexity index is 1140. The first-order chi connectivity index (χ1) is 17.3. The molecule has 1 aromatic heterocycles. The number of ether oxygens (including phenoxy) is 2. The second kappa shape index (κ2) is 11.0. The number of likely N-dealkylation sites (N-methyl/N-ethyl adjacent to an activating group) is 1. The van der Waals surface area contributed by atoms with Gasteiger partial charge in [0.15, 0.2) is 17.9 Å². The monoisotopic (exact) mass is 502 g/mol. The number of nitrogens with zero attached hydrogens (tertiary/aromatic N) is 4. The molecule has 2 saturated heterocycles. The smallest absolute Gasteiger partial charge is 0.246 e. The molecular weight excluding hydrogens is 474 g/mol. The highest BCUT2D eigenvalue weighted by Gasteiger charge is 2.31. The predicted molar refractivity (Wildman–Crippen MR) is 128 cm³/mol. The summed E-state index contributed by atoms with van der Waals surface area (Å²) in [7, 11) is 1.86. The zero-order valence-electron chi connectivity index (χ0n) is 20.0. The highest BCUT2D eigenvalue weighted by atomic mass is 19.1. The van der Waals surface area contributed by atoms with Gasteiger partial charge in [-0.3, -0.25) is 14.5 Å². The largest absolute Gasteiger partial charge is 0.507 e. The van der Waals surface area contributed by atoms with Crippen molar-refractivity contribution in [2.45, 2.75) is 6.04 Å². The van der Waals surface area contributed by atoms with Crippen LogP contribution in [0.5, 0.6) is 11.5 Å². The van der Waals surface area contributed by atoms with Crippen LogP contribution in [0, 0.1) is 11.6 Å². The van der Waals surface area contributed by atoms with Gasteiger partial charge in [-0.05, 0) is 25.3 Å². The zero-order valence-corrected chi connectivity index (χ0v) is 20.0. The van der Waals surface area contributed by atoms with Crippen LogP contribution in [-0.2, 0) is 9.53 Å². The lowest BCUT2D eigenvalue weighted by molar-refractivity contribution is -0.129. The number of halogens is 2. The summed E-state index contributed by atoms with van der Waals surface area (Å²) in [5.41, 5.74) is -1.01. The van der Waals surface area contributed by atoms with Crippen LogP contribution < -0.4 is 9.64 Å². The van der Waals surface area contributed by atoms with E-state index >= 15 is 4.39 Å². The van der Waals surface area contributed by atoms with Gasteiger partial charge in [0.05, 0.1) is 24.8 Å². The molecule has 0 radical (unpaired) electrons. The van der Waals surface area contributed by atoms with E-state index in [1.54, 1.807) is 9.80 Å². The van der Waals surface area contributed by atoms with Crippen molar-refractivity contribution in [2.24, 2.45) is 0 Å². The molecule has 0 saturated carbocycles. The number of hydrogen-bond acceptors (Lipinski definition) is 8. The summed E-state index contributed by atoms with van der Waals surface area (Å²) in [6.07, 6.45) is 1.69. The van der Waals surface area contributed by atoms with Crippen molar-refractivity contribution < 1.29 is 33.0 Å². The summed E-state index contributed by atoms with van der Waals surface area (Å²) >= 11 is 0. The van der Waals surface area contributed by atoms with Crippen molar-refractivity contribution in [1.82, 2.24) is 14.8 Å². The molecule has 2 aliphatic heterocycles. The van der Waals surface area contributed by atoms with Gasteiger partial charge in [-0.2, -0.15) is 0 Å². The molecule has 1 unspecified atom stereocenters. The van der Waals surface area contributed by atoms with Crippen LogP contribution in [0.25, 0.3) is 11.3 Å². The number of carbonyl (C=O) groups excluding carboxylic acids is 2. The quantitative estimate of drug-likeness (QED) is 0.454. The molecule has 0 spiro atoms. The van der Waals surface area contributed by atoms with E-state index < -0.39 is 28.6 Å². The van der Waals surface area contributed by atoms with Crippen molar-refractivity contribution in [3.63, 3.8) is 0 Å². The van der Waals surface area contributed by atoms with Crippen LogP contribution in [0.4, 0.5) is 14.6 Å². The summed E-state index contributed by atoms with van der Waals surface area (Å²) < 4.78 is 41.8. The number of pyridine rings is 1. The van der Waals surface area contributed by atoms with E-state index in [2.05, 4.69) is 11.6 Å². The molecule has 11 heteroatoms. The van der Waals surface area contributed by atoms with E-state index in [-0.39, 0.29) is 35.7 Å². The topological polar surface area (TPSA) is 95.4 Å². The highest BCUT2D eigenvalue weighted by Crippen LogP contribution is 2.40. The summed E-state index contributed by atoms with van der Waals surface area (Å²) in [5.74, 6) is -2.92. The van der Waals surface area contributed by atoms with Crippen molar-refractivity contribution in [3.05, 3.63) is 48.1 Å². The van der Waals surface area contributed by atoms with Gasteiger partial charge >= 0.3 is 0 Å². The second-order valence-corrected chi connectivity index (χ2v) is 8.63. The number of piperazine rings is 1. The van der Waals surface area contributed by atoms with Crippen LogP contribution in [-0.4, -0.2) is 97.7 Å². The van der Waals surface area contributed by atoms with Gasteiger partial charge < -0.3 is 24.4 Å². The molecule has 4 rings (SSSR count). The Morgan fingerprint density at radius 1 is 1.28 bits per heavy atom. The predicted octanol–water partition coefficient (Wildman–Crippen LogP) is 2.09. The SMILES string of the molecule is C=CC(=O)N1CCN(C)C(COc2c(F)c(-c3c(O)cccc3F)nc(N3CCOCC3)c2C=O)C1. The van der Waals surface area contributed by atoms with Crippen LogP contribution in [0.1, 0.15) is 10.4 Å². The number of phenolic OH excluding ortho intramolecular Hbond substituents is 1. The molecule has 2 aromatic rings. The number of phenols is 1. The van der Waals surface area contributed by atoms with Crippen molar-refractivity contribution in [2.75, 3.05) is 64.5 Å². The molecule has 1 atom stereocenters. The van der Waals surface area contributed by atoms with Crippen LogP contribution >= 0.6 is 0 Å². The molecule has 0 bridgehead atoms. The Balaban J connectivity index is 1.76. The number of benzene rings is 1. The summed E-state index contributed by atoms with van der Waals surface area (Å²) in [5, 5.41) is 10.3.